The van der Waals surface area contributed by atoms with E-state index < -0.39 is 0 Å². The molecule has 94 valence electrons. The van der Waals surface area contributed by atoms with E-state index in [1.54, 1.807) is 0 Å². The molecule has 0 fully saturated rings. The molecule has 0 heterocycles. The van der Waals surface area contributed by atoms with Gasteiger partial charge in [0.25, 0.3) is 0 Å². The molecule has 3 nitrogen and oxygen atoms in total. The van der Waals surface area contributed by atoms with Crippen LogP contribution < -0.4 is 11.1 Å². The van der Waals surface area contributed by atoms with E-state index in [4.69, 9.17) is 5.73 Å². The van der Waals surface area contributed by atoms with E-state index in [-0.39, 0.29) is 17.9 Å². The molecule has 0 spiro atoms. The van der Waals surface area contributed by atoms with Crippen molar-refractivity contribution in [1.29, 1.82) is 0 Å². The van der Waals surface area contributed by atoms with Crippen LogP contribution in [0.2, 0.25) is 0 Å². The molecule has 1 aromatic rings. The number of halogens is 1. The predicted octanol–water partition coefficient (Wildman–Crippen LogP) is 2.61. The lowest BCUT2D eigenvalue weighted by Crippen LogP contribution is -2.32. The Labute approximate surface area is 111 Å². The van der Waals surface area contributed by atoms with Crippen molar-refractivity contribution in [2.75, 3.05) is 6.54 Å². The Morgan fingerprint density at radius 2 is 1.94 bits per heavy atom. The van der Waals surface area contributed by atoms with Gasteiger partial charge in [-0.05, 0) is 37.6 Å². The van der Waals surface area contributed by atoms with Crippen LogP contribution in [0.15, 0.2) is 28.7 Å². The number of amides is 1. The highest BCUT2D eigenvalue weighted by atomic mass is 79.9. The van der Waals surface area contributed by atoms with E-state index in [1.807, 2.05) is 38.1 Å². The number of rotatable bonds is 5. The van der Waals surface area contributed by atoms with Crippen molar-refractivity contribution in [2.24, 2.45) is 11.7 Å². The molecule has 0 radical (unpaired) electrons. The van der Waals surface area contributed by atoms with Crippen molar-refractivity contribution in [3.05, 3.63) is 34.3 Å². The van der Waals surface area contributed by atoms with Crippen LogP contribution in [-0.2, 0) is 4.79 Å². The average molecular weight is 299 g/mol. The van der Waals surface area contributed by atoms with Crippen LogP contribution in [0, 0.1) is 5.92 Å². The molecule has 0 bridgehead atoms. The predicted molar refractivity (Wildman–Crippen MR) is 73.5 cm³/mol. The largest absolute Gasteiger partial charge is 0.349 e. The smallest absolute Gasteiger partial charge is 0.223 e. The normalized spacial score (nSPS) is 14.1. The lowest BCUT2D eigenvalue weighted by Gasteiger charge is -2.17. The van der Waals surface area contributed by atoms with Crippen LogP contribution in [-0.4, -0.2) is 12.5 Å². The summed E-state index contributed by atoms with van der Waals surface area (Å²) in [6.07, 6.45) is 0.721. The zero-order valence-corrected chi connectivity index (χ0v) is 11.8. The van der Waals surface area contributed by atoms with Gasteiger partial charge in [0, 0.05) is 10.4 Å². The van der Waals surface area contributed by atoms with Gasteiger partial charge in [-0.1, -0.05) is 35.0 Å². The fourth-order valence-corrected chi connectivity index (χ4v) is 1.84. The summed E-state index contributed by atoms with van der Waals surface area (Å²) in [5, 5.41) is 2.99. The second-order valence-electron chi connectivity index (χ2n) is 4.26. The molecule has 0 aliphatic carbocycles. The van der Waals surface area contributed by atoms with E-state index >= 15 is 0 Å². The van der Waals surface area contributed by atoms with Crippen LogP contribution in [0.4, 0.5) is 0 Å². The highest BCUT2D eigenvalue weighted by Gasteiger charge is 2.15. The topological polar surface area (TPSA) is 55.1 Å². The fourth-order valence-electron chi connectivity index (χ4n) is 1.57. The van der Waals surface area contributed by atoms with Crippen molar-refractivity contribution in [3.63, 3.8) is 0 Å². The van der Waals surface area contributed by atoms with E-state index in [1.165, 1.54) is 0 Å². The third-order valence-corrected chi connectivity index (χ3v) is 3.30. The Bertz CT molecular complexity index is 364. The van der Waals surface area contributed by atoms with Gasteiger partial charge < -0.3 is 11.1 Å². The lowest BCUT2D eigenvalue weighted by molar-refractivity contribution is -0.125. The first-order chi connectivity index (χ1) is 8.04. The molecule has 1 amide bonds. The molecule has 0 aliphatic rings. The lowest BCUT2D eigenvalue weighted by atomic mass is 10.0. The molecule has 1 unspecified atom stereocenters. The summed E-state index contributed by atoms with van der Waals surface area (Å²) in [7, 11) is 0. The molecule has 0 saturated heterocycles. The summed E-state index contributed by atoms with van der Waals surface area (Å²) in [5.74, 6) is 0.0313. The summed E-state index contributed by atoms with van der Waals surface area (Å²) in [6.45, 7) is 4.42. The highest BCUT2D eigenvalue weighted by molar-refractivity contribution is 9.10. The van der Waals surface area contributed by atoms with E-state index in [0.29, 0.717) is 6.54 Å². The Morgan fingerprint density at radius 3 is 2.47 bits per heavy atom. The van der Waals surface area contributed by atoms with E-state index in [2.05, 4.69) is 21.2 Å². The van der Waals surface area contributed by atoms with E-state index in [9.17, 15) is 4.79 Å². The van der Waals surface area contributed by atoms with Crippen molar-refractivity contribution in [3.8, 4) is 0 Å². The Kier molecular flexibility index (Phi) is 5.65. The molecule has 2 atom stereocenters. The minimum Gasteiger partial charge on any atom is -0.349 e. The minimum atomic E-state index is -0.0297. The maximum atomic E-state index is 11.8. The number of carbonyl (C=O) groups is 1. The summed E-state index contributed by atoms with van der Waals surface area (Å²) in [6, 6.07) is 7.98. The molecule has 0 saturated carbocycles. The molecule has 1 rings (SSSR count). The first-order valence-corrected chi connectivity index (χ1v) is 6.59. The SMILES string of the molecule is CC(CCN)C(=O)N[C@H](C)c1ccc(Br)cc1. The minimum absolute atomic E-state index is 0.0239. The first-order valence-electron chi connectivity index (χ1n) is 5.80. The maximum Gasteiger partial charge on any atom is 0.223 e. The van der Waals surface area contributed by atoms with Crippen LogP contribution in [0.1, 0.15) is 31.9 Å². The van der Waals surface area contributed by atoms with Gasteiger partial charge >= 0.3 is 0 Å². The van der Waals surface area contributed by atoms with Crippen molar-refractivity contribution >= 4 is 21.8 Å². The summed E-state index contributed by atoms with van der Waals surface area (Å²) < 4.78 is 1.04. The van der Waals surface area contributed by atoms with Crippen molar-refractivity contribution in [2.45, 2.75) is 26.3 Å². The van der Waals surface area contributed by atoms with Crippen LogP contribution in [0.3, 0.4) is 0 Å². The maximum absolute atomic E-state index is 11.8. The quantitative estimate of drug-likeness (QED) is 0.878. The molecular formula is C13H19BrN2O. The number of nitrogens with two attached hydrogens (primary N) is 1. The standard InChI is InChI=1S/C13H19BrN2O/c1-9(7-8-15)13(17)16-10(2)11-3-5-12(14)6-4-11/h3-6,9-10H,7-8,15H2,1-2H3,(H,16,17)/t9?,10-/m1/s1. The highest BCUT2D eigenvalue weighted by Crippen LogP contribution is 2.17. The molecule has 0 aromatic heterocycles. The van der Waals surface area contributed by atoms with Gasteiger partial charge in [0.05, 0.1) is 6.04 Å². The Hall–Kier alpha value is -0.870. The molecule has 17 heavy (non-hydrogen) atoms. The average Bonchev–Trinajstić information content (AvgIpc) is 2.30. The third kappa shape index (κ3) is 4.48. The number of benzene rings is 1. The van der Waals surface area contributed by atoms with Gasteiger partial charge in [-0.15, -0.1) is 0 Å². The number of carbonyl (C=O) groups excluding carboxylic acids is 1. The van der Waals surface area contributed by atoms with Crippen molar-refractivity contribution < 1.29 is 4.79 Å². The molecule has 0 aliphatic heterocycles. The number of hydrogen-bond donors (Lipinski definition) is 2. The van der Waals surface area contributed by atoms with Gasteiger partial charge in [-0.25, -0.2) is 0 Å². The molecule has 4 heteroatoms. The van der Waals surface area contributed by atoms with Crippen molar-refractivity contribution in [1.82, 2.24) is 5.32 Å². The second kappa shape index (κ2) is 6.77. The first kappa shape index (κ1) is 14.2. The Balaban J connectivity index is 2.57. The van der Waals surface area contributed by atoms with Crippen LogP contribution >= 0.6 is 15.9 Å². The summed E-state index contributed by atoms with van der Waals surface area (Å²) in [4.78, 5) is 11.8. The zero-order valence-electron chi connectivity index (χ0n) is 10.2. The molecule has 3 N–H and O–H groups in total. The van der Waals surface area contributed by atoms with Gasteiger partial charge in [0.15, 0.2) is 0 Å². The van der Waals surface area contributed by atoms with E-state index in [0.717, 1.165) is 16.5 Å². The number of hydrogen-bond acceptors (Lipinski definition) is 2. The van der Waals surface area contributed by atoms with Crippen LogP contribution in [0.25, 0.3) is 0 Å². The Morgan fingerprint density at radius 1 is 1.35 bits per heavy atom. The second-order valence-corrected chi connectivity index (χ2v) is 5.18. The van der Waals surface area contributed by atoms with Crippen LogP contribution in [0.5, 0.6) is 0 Å². The number of nitrogens with one attached hydrogen (secondary N) is 1. The van der Waals surface area contributed by atoms with Gasteiger partial charge in [-0.3, -0.25) is 4.79 Å². The summed E-state index contributed by atoms with van der Waals surface area (Å²) >= 11 is 3.39. The zero-order chi connectivity index (χ0) is 12.8. The van der Waals surface area contributed by atoms with Gasteiger partial charge in [-0.2, -0.15) is 0 Å². The third-order valence-electron chi connectivity index (χ3n) is 2.78. The van der Waals surface area contributed by atoms with Gasteiger partial charge in [0.2, 0.25) is 5.91 Å². The molecular weight excluding hydrogens is 280 g/mol. The molecule has 1 aromatic carbocycles. The summed E-state index contributed by atoms with van der Waals surface area (Å²) in [5.41, 5.74) is 6.54. The fraction of sp³-hybridized carbons (Fsp3) is 0.462. The van der Waals surface area contributed by atoms with Gasteiger partial charge in [0.1, 0.15) is 0 Å². The monoisotopic (exact) mass is 298 g/mol.